The quantitative estimate of drug-likeness (QED) is 0.257. The zero-order valence-electron chi connectivity index (χ0n) is 20.4. The van der Waals surface area contributed by atoms with Gasteiger partial charge in [-0.15, -0.1) is 0 Å². The van der Waals surface area contributed by atoms with Gasteiger partial charge in [-0.1, -0.05) is 97.1 Å². The maximum Gasteiger partial charge on any atom is 0.173 e. The highest BCUT2D eigenvalue weighted by Gasteiger charge is 2.34. The van der Waals surface area contributed by atoms with Crippen LogP contribution in [0.25, 0.3) is 0 Å². The van der Waals surface area contributed by atoms with Crippen LogP contribution in [0.4, 0.5) is 11.4 Å². The lowest BCUT2D eigenvalue weighted by Crippen LogP contribution is -2.45. The molecule has 0 bridgehead atoms. The van der Waals surface area contributed by atoms with Crippen LogP contribution in [0.5, 0.6) is 0 Å². The molecule has 6 heteroatoms. The monoisotopic (exact) mass is 510 g/mol. The first-order valence-corrected chi connectivity index (χ1v) is 12.6. The molecule has 2 atom stereocenters. The van der Waals surface area contributed by atoms with Gasteiger partial charge in [-0.05, 0) is 59.8 Å². The first-order chi connectivity index (χ1) is 17.5. The Bertz CT molecular complexity index is 1150. The second-order valence-electron chi connectivity index (χ2n) is 8.53. The van der Waals surface area contributed by atoms with Crippen LogP contribution in [-0.2, 0) is 0 Å². The van der Waals surface area contributed by atoms with Crippen LogP contribution in [0, 0.1) is 0 Å². The number of thiocarbonyl (C=S) groups is 2. The molecule has 0 saturated carbocycles. The molecule has 0 aliphatic heterocycles. The first kappa shape index (κ1) is 25.4. The van der Waals surface area contributed by atoms with E-state index in [4.69, 9.17) is 24.4 Å². The largest absolute Gasteiger partial charge is 0.343 e. The van der Waals surface area contributed by atoms with Gasteiger partial charge in [0.1, 0.15) is 0 Å². The van der Waals surface area contributed by atoms with Gasteiger partial charge in [-0.2, -0.15) is 0 Å². The van der Waals surface area contributed by atoms with E-state index in [1.54, 1.807) is 0 Å². The summed E-state index contributed by atoms with van der Waals surface area (Å²) in [4.78, 5) is 4.24. The van der Waals surface area contributed by atoms with Crippen molar-refractivity contribution in [1.82, 2.24) is 9.80 Å². The Kier molecular flexibility index (Phi) is 8.66. The molecular weight excluding hydrogens is 480 g/mol. The molecule has 4 rings (SSSR count). The van der Waals surface area contributed by atoms with Crippen LogP contribution in [0.3, 0.4) is 0 Å². The summed E-state index contributed by atoms with van der Waals surface area (Å²) in [6, 6.07) is 40.6. The highest BCUT2D eigenvalue weighted by molar-refractivity contribution is 7.80. The van der Waals surface area contributed by atoms with E-state index < -0.39 is 0 Å². The fourth-order valence-corrected chi connectivity index (χ4v) is 4.72. The summed E-state index contributed by atoms with van der Waals surface area (Å²) >= 11 is 11.8. The lowest BCUT2D eigenvalue weighted by Gasteiger charge is -2.42. The van der Waals surface area contributed by atoms with Crippen molar-refractivity contribution in [3.8, 4) is 0 Å². The van der Waals surface area contributed by atoms with Gasteiger partial charge >= 0.3 is 0 Å². The fraction of sp³-hybridized carbons (Fsp3) is 0.133. The minimum absolute atomic E-state index is 0.127. The van der Waals surface area contributed by atoms with E-state index in [-0.39, 0.29) is 12.1 Å². The molecule has 0 spiro atoms. The number of benzene rings is 4. The second-order valence-corrected chi connectivity index (χ2v) is 9.30. The Hall–Kier alpha value is -3.74. The molecule has 4 nitrogen and oxygen atoms in total. The summed E-state index contributed by atoms with van der Waals surface area (Å²) in [5.41, 5.74) is 4.18. The summed E-state index contributed by atoms with van der Waals surface area (Å²) in [5, 5.41) is 8.05. The van der Waals surface area contributed by atoms with Crippen molar-refractivity contribution in [2.75, 3.05) is 24.7 Å². The lowest BCUT2D eigenvalue weighted by atomic mass is 9.91. The molecule has 0 aliphatic carbocycles. The number of anilines is 2. The molecule has 0 aliphatic rings. The van der Waals surface area contributed by atoms with Crippen molar-refractivity contribution in [3.05, 3.63) is 132 Å². The van der Waals surface area contributed by atoms with Crippen LogP contribution in [0.15, 0.2) is 121 Å². The Balaban J connectivity index is 1.72. The van der Waals surface area contributed by atoms with Crippen molar-refractivity contribution in [2.45, 2.75) is 12.1 Å². The van der Waals surface area contributed by atoms with Gasteiger partial charge < -0.3 is 20.4 Å². The van der Waals surface area contributed by atoms with Crippen LogP contribution in [0.1, 0.15) is 23.2 Å². The molecule has 0 saturated heterocycles. The second kappa shape index (κ2) is 12.3. The zero-order valence-corrected chi connectivity index (χ0v) is 22.0. The van der Waals surface area contributed by atoms with Crippen LogP contribution in [0.2, 0.25) is 0 Å². The molecular formula is C30H30N4S2. The normalized spacial score (nSPS) is 12.2. The summed E-state index contributed by atoms with van der Waals surface area (Å²) < 4.78 is 0. The molecule has 182 valence electrons. The van der Waals surface area contributed by atoms with E-state index in [1.165, 1.54) is 0 Å². The summed E-state index contributed by atoms with van der Waals surface area (Å²) in [7, 11) is 4.07. The number of rotatable bonds is 7. The first-order valence-electron chi connectivity index (χ1n) is 11.8. The molecule has 0 aromatic heterocycles. The molecule has 0 radical (unpaired) electrons. The van der Waals surface area contributed by atoms with Crippen molar-refractivity contribution in [1.29, 1.82) is 0 Å². The van der Waals surface area contributed by atoms with Gasteiger partial charge in [0, 0.05) is 25.5 Å². The lowest BCUT2D eigenvalue weighted by molar-refractivity contribution is 0.221. The minimum Gasteiger partial charge on any atom is -0.343 e. The van der Waals surface area contributed by atoms with E-state index in [1.807, 2.05) is 86.9 Å². The number of hydrogen-bond acceptors (Lipinski definition) is 2. The maximum atomic E-state index is 5.91. The van der Waals surface area contributed by atoms with E-state index >= 15 is 0 Å². The number of nitrogens with one attached hydrogen (secondary N) is 2. The third-order valence-corrected chi connectivity index (χ3v) is 6.89. The Labute approximate surface area is 224 Å². The molecule has 36 heavy (non-hydrogen) atoms. The van der Waals surface area contributed by atoms with Gasteiger partial charge in [0.25, 0.3) is 0 Å². The Morgan fingerprint density at radius 1 is 0.500 bits per heavy atom. The van der Waals surface area contributed by atoms with Crippen molar-refractivity contribution < 1.29 is 0 Å². The number of likely N-dealkylation sites (N-methyl/N-ethyl adjacent to an activating group) is 2. The van der Waals surface area contributed by atoms with E-state index in [0.29, 0.717) is 10.2 Å². The average molecular weight is 511 g/mol. The molecule has 4 aromatic rings. The molecule has 0 fully saturated rings. The Morgan fingerprint density at radius 2 is 0.778 bits per heavy atom. The van der Waals surface area contributed by atoms with Crippen LogP contribution < -0.4 is 10.6 Å². The van der Waals surface area contributed by atoms with Gasteiger partial charge in [0.15, 0.2) is 10.2 Å². The van der Waals surface area contributed by atoms with Crippen molar-refractivity contribution in [3.63, 3.8) is 0 Å². The van der Waals surface area contributed by atoms with Crippen molar-refractivity contribution in [2.24, 2.45) is 0 Å². The third-order valence-electron chi connectivity index (χ3n) is 6.11. The van der Waals surface area contributed by atoms with Crippen LogP contribution >= 0.6 is 24.4 Å². The Morgan fingerprint density at radius 3 is 1.08 bits per heavy atom. The van der Waals surface area contributed by atoms with E-state index in [9.17, 15) is 0 Å². The fourth-order valence-electron chi connectivity index (χ4n) is 4.25. The molecule has 0 amide bonds. The standard InChI is InChI=1S/C30H30N4S2/c1-33(29(35)31-25-19-11-5-12-20-25)27(23-15-7-3-8-16-23)28(24-17-9-4-10-18-24)34(2)30(36)32-26-21-13-6-14-22-26/h3-22,27-28H,1-2H3,(H,31,35)(H,32,36)/t27-,28-/m1/s1. The zero-order chi connectivity index (χ0) is 25.3. The smallest absolute Gasteiger partial charge is 0.173 e. The third kappa shape index (κ3) is 6.27. The SMILES string of the molecule is CN(C(=S)Nc1ccccc1)[C@H](c1ccccc1)[C@@H](c1ccccc1)N(C)C(=S)Nc1ccccc1. The topological polar surface area (TPSA) is 30.5 Å². The van der Waals surface area contributed by atoms with Gasteiger partial charge in [-0.25, -0.2) is 0 Å². The van der Waals surface area contributed by atoms with Gasteiger partial charge in [0.2, 0.25) is 0 Å². The van der Waals surface area contributed by atoms with Gasteiger partial charge in [0.05, 0.1) is 12.1 Å². The average Bonchev–Trinajstić information content (AvgIpc) is 2.93. The van der Waals surface area contributed by atoms with E-state index in [0.717, 1.165) is 22.5 Å². The number of hydrogen-bond donors (Lipinski definition) is 2. The molecule has 4 aromatic carbocycles. The highest BCUT2D eigenvalue weighted by Crippen LogP contribution is 2.38. The van der Waals surface area contributed by atoms with E-state index in [2.05, 4.69) is 69.0 Å². The maximum absolute atomic E-state index is 5.91. The number of para-hydroxylation sites is 2. The summed E-state index contributed by atoms with van der Waals surface area (Å²) in [6.07, 6.45) is 0. The minimum atomic E-state index is -0.127. The van der Waals surface area contributed by atoms with Gasteiger partial charge in [-0.3, -0.25) is 0 Å². The van der Waals surface area contributed by atoms with Crippen LogP contribution in [-0.4, -0.2) is 34.1 Å². The highest BCUT2D eigenvalue weighted by atomic mass is 32.1. The predicted octanol–water partition coefficient (Wildman–Crippen LogP) is 7.13. The molecule has 2 N–H and O–H groups in total. The number of nitrogens with zero attached hydrogens (tertiary/aromatic N) is 2. The van der Waals surface area contributed by atoms with Crippen molar-refractivity contribution >= 4 is 46.0 Å². The summed E-state index contributed by atoms with van der Waals surface area (Å²) in [5.74, 6) is 0. The predicted molar refractivity (Wildman–Crippen MR) is 159 cm³/mol. The molecule has 0 unspecified atom stereocenters. The molecule has 0 heterocycles. The summed E-state index contributed by atoms with van der Waals surface area (Å²) in [6.45, 7) is 0.